The molecule has 1 saturated carbocycles. The second-order valence-corrected chi connectivity index (χ2v) is 7.79. The number of rotatable bonds is 7. The number of alkyl halides is 1. The molecule has 0 unspecified atom stereocenters. The Morgan fingerprint density at radius 1 is 1.35 bits per heavy atom. The molecule has 1 aliphatic carbocycles. The van der Waals surface area contributed by atoms with Crippen molar-refractivity contribution in [3.63, 3.8) is 0 Å². The Morgan fingerprint density at radius 3 is 2.60 bits per heavy atom. The maximum atomic E-state index is 12.8. The number of nitrogens with zero attached hydrogens (tertiary/aromatic N) is 1. The lowest BCUT2D eigenvalue weighted by Gasteiger charge is -2.22. The molecule has 0 radical (unpaired) electrons. The minimum Gasteiger partial charge on any atom is -0.207 e. The fraction of sp³-hybridized carbons (Fsp3) is 0.571. The Labute approximate surface area is 130 Å². The van der Waals surface area contributed by atoms with Crippen LogP contribution in [0.15, 0.2) is 23.1 Å². The van der Waals surface area contributed by atoms with E-state index in [1.54, 1.807) is 22.5 Å². The molecular weight excluding hydrogens is 317 g/mol. The minimum absolute atomic E-state index is 0.173. The summed E-state index contributed by atoms with van der Waals surface area (Å²) in [6.07, 6.45) is 3.02. The summed E-state index contributed by atoms with van der Waals surface area (Å²) >= 11 is 11.9. The summed E-state index contributed by atoms with van der Waals surface area (Å²) in [6.45, 7) is 3.10. The molecule has 1 aliphatic rings. The Kier molecular flexibility index (Phi) is 5.35. The SMILES string of the molecule is CCCN(CC1CC1)S(=O)(=O)c1cc(CCl)ccc1Cl. The molecule has 2 rings (SSSR count). The van der Waals surface area contributed by atoms with Gasteiger partial charge in [0.05, 0.1) is 5.02 Å². The number of hydrogen-bond donors (Lipinski definition) is 0. The molecule has 1 fully saturated rings. The van der Waals surface area contributed by atoms with Crippen LogP contribution in [0.1, 0.15) is 31.7 Å². The number of halogens is 2. The fourth-order valence-corrected chi connectivity index (χ4v) is 4.41. The van der Waals surface area contributed by atoms with Gasteiger partial charge in [0.2, 0.25) is 10.0 Å². The average Bonchev–Trinajstić information content (AvgIpc) is 3.22. The van der Waals surface area contributed by atoms with E-state index in [2.05, 4.69) is 0 Å². The molecule has 0 atom stereocenters. The van der Waals surface area contributed by atoms with Gasteiger partial charge in [0.15, 0.2) is 0 Å². The molecular formula is C14H19Cl2NO2S. The molecule has 6 heteroatoms. The first-order chi connectivity index (χ1) is 9.48. The number of sulfonamides is 1. The Bertz CT molecular complexity index is 571. The molecule has 3 nitrogen and oxygen atoms in total. The highest BCUT2D eigenvalue weighted by atomic mass is 35.5. The maximum absolute atomic E-state index is 12.8. The van der Waals surface area contributed by atoms with E-state index in [4.69, 9.17) is 23.2 Å². The van der Waals surface area contributed by atoms with Gasteiger partial charge in [0, 0.05) is 19.0 Å². The van der Waals surface area contributed by atoms with Crippen molar-refractivity contribution >= 4 is 33.2 Å². The second-order valence-electron chi connectivity index (χ2n) is 5.20. The van der Waals surface area contributed by atoms with E-state index < -0.39 is 10.0 Å². The van der Waals surface area contributed by atoms with Gasteiger partial charge in [-0.2, -0.15) is 4.31 Å². The number of benzene rings is 1. The molecule has 20 heavy (non-hydrogen) atoms. The molecule has 0 aromatic heterocycles. The summed E-state index contributed by atoms with van der Waals surface area (Å²) in [4.78, 5) is 0.173. The Balaban J connectivity index is 2.35. The molecule has 0 bridgehead atoms. The summed E-state index contributed by atoms with van der Waals surface area (Å²) in [5.41, 5.74) is 0.762. The van der Waals surface area contributed by atoms with Crippen molar-refractivity contribution in [1.82, 2.24) is 4.31 Å². The first kappa shape index (κ1) is 16.1. The Morgan fingerprint density at radius 2 is 2.05 bits per heavy atom. The molecule has 0 amide bonds. The van der Waals surface area contributed by atoms with Crippen LogP contribution in [0.5, 0.6) is 0 Å². The molecule has 1 aromatic rings. The third-order valence-electron chi connectivity index (χ3n) is 3.40. The third kappa shape index (κ3) is 3.67. The van der Waals surface area contributed by atoms with E-state index in [0.717, 1.165) is 24.8 Å². The van der Waals surface area contributed by atoms with Crippen LogP contribution >= 0.6 is 23.2 Å². The molecule has 112 valence electrons. The lowest BCUT2D eigenvalue weighted by molar-refractivity contribution is 0.395. The second kappa shape index (κ2) is 6.65. The van der Waals surface area contributed by atoms with Crippen molar-refractivity contribution in [2.45, 2.75) is 37.0 Å². The molecule has 0 spiro atoms. The van der Waals surface area contributed by atoms with Crippen molar-refractivity contribution in [2.75, 3.05) is 13.1 Å². The highest BCUT2D eigenvalue weighted by molar-refractivity contribution is 7.89. The first-order valence-electron chi connectivity index (χ1n) is 6.83. The van der Waals surface area contributed by atoms with Crippen LogP contribution in [0, 0.1) is 5.92 Å². The van der Waals surface area contributed by atoms with Crippen LogP contribution in [0.3, 0.4) is 0 Å². The molecule has 0 heterocycles. The predicted molar refractivity (Wildman–Crippen MR) is 82.8 cm³/mol. The van der Waals surface area contributed by atoms with Gasteiger partial charge in [-0.25, -0.2) is 8.42 Å². The normalized spacial score (nSPS) is 15.8. The maximum Gasteiger partial charge on any atom is 0.244 e. The minimum atomic E-state index is -3.54. The highest BCUT2D eigenvalue weighted by Crippen LogP contribution is 2.33. The van der Waals surface area contributed by atoms with E-state index in [1.165, 1.54) is 0 Å². The van der Waals surface area contributed by atoms with Crippen molar-refractivity contribution in [1.29, 1.82) is 0 Å². The lowest BCUT2D eigenvalue weighted by atomic mass is 10.2. The summed E-state index contributed by atoms with van der Waals surface area (Å²) in [5.74, 6) is 0.780. The summed E-state index contributed by atoms with van der Waals surface area (Å²) < 4.78 is 27.1. The van der Waals surface area contributed by atoms with Gasteiger partial charge in [0.25, 0.3) is 0 Å². The molecule has 0 saturated heterocycles. The van der Waals surface area contributed by atoms with Crippen LogP contribution in [0.25, 0.3) is 0 Å². The van der Waals surface area contributed by atoms with Gasteiger partial charge in [-0.3, -0.25) is 0 Å². The first-order valence-corrected chi connectivity index (χ1v) is 9.18. The van der Waals surface area contributed by atoms with Crippen LogP contribution in [0.4, 0.5) is 0 Å². The summed E-state index contributed by atoms with van der Waals surface area (Å²) in [7, 11) is -3.54. The lowest BCUT2D eigenvalue weighted by Crippen LogP contribution is -2.34. The Hall–Kier alpha value is -0.290. The summed E-state index contributed by atoms with van der Waals surface area (Å²) in [6, 6.07) is 4.94. The van der Waals surface area contributed by atoms with E-state index in [9.17, 15) is 8.42 Å². The van der Waals surface area contributed by atoms with Crippen molar-refractivity contribution in [3.8, 4) is 0 Å². The zero-order chi connectivity index (χ0) is 14.8. The van der Waals surface area contributed by atoms with Crippen molar-refractivity contribution in [3.05, 3.63) is 28.8 Å². The van der Waals surface area contributed by atoms with Gasteiger partial charge in [-0.1, -0.05) is 24.6 Å². The van der Waals surface area contributed by atoms with Gasteiger partial charge < -0.3 is 0 Å². The predicted octanol–water partition coefficient (Wildman–Crippen LogP) is 3.89. The van der Waals surface area contributed by atoms with E-state index >= 15 is 0 Å². The van der Waals surface area contributed by atoms with Crippen LogP contribution in [0.2, 0.25) is 5.02 Å². The van der Waals surface area contributed by atoms with E-state index in [-0.39, 0.29) is 15.8 Å². The van der Waals surface area contributed by atoms with Crippen LogP contribution in [-0.2, 0) is 15.9 Å². The third-order valence-corrected chi connectivity index (χ3v) is 6.05. The van der Waals surface area contributed by atoms with Crippen LogP contribution < -0.4 is 0 Å². The van der Waals surface area contributed by atoms with Crippen molar-refractivity contribution < 1.29 is 8.42 Å². The fourth-order valence-electron chi connectivity index (χ4n) is 2.12. The quantitative estimate of drug-likeness (QED) is 0.709. The standard InChI is InChI=1S/C14H19Cl2NO2S/c1-2-7-17(10-11-3-4-11)20(18,19)14-8-12(9-15)5-6-13(14)16/h5-6,8,11H,2-4,7,9-10H2,1H3. The zero-order valence-electron chi connectivity index (χ0n) is 11.5. The largest absolute Gasteiger partial charge is 0.244 e. The topological polar surface area (TPSA) is 37.4 Å². The highest BCUT2D eigenvalue weighted by Gasteiger charge is 2.32. The van der Waals surface area contributed by atoms with Crippen LogP contribution in [-0.4, -0.2) is 25.8 Å². The zero-order valence-corrected chi connectivity index (χ0v) is 13.8. The van der Waals surface area contributed by atoms with Gasteiger partial charge in [0.1, 0.15) is 4.90 Å². The van der Waals surface area contributed by atoms with Gasteiger partial charge in [-0.05, 0) is 42.9 Å². The molecule has 0 aliphatic heterocycles. The van der Waals surface area contributed by atoms with Gasteiger partial charge in [-0.15, -0.1) is 11.6 Å². The molecule has 0 N–H and O–H groups in total. The monoisotopic (exact) mass is 335 g/mol. The molecule has 1 aromatic carbocycles. The smallest absolute Gasteiger partial charge is 0.207 e. The number of hydrogen-bond acceptors (Lipinski definition) is 2. The van der Waals surface area contributed by atoms with E-state index in [0.29, 0.717) is 19.0 Å². The average molecular weight is 336 g/mol. The van der Waals surface area contributed by atoms with Crippen molar-refractivity contribution in [2.24, 2.45) is 5.92 Å². The van der Waals surface area contributed by atoms with Gasteiger partial charge >= 0.3 is 0 Å². The van der Waals surface area contributed by atoms with E-state index in [1.807, 2.05) is 6.92 Å². The summed E-state index contributed by atoms with van der Waals surface area (Å²) in [5, 5.41) is 0.260.